The molecule has 4 N–H and O–H groups in total. The molecule has 0 aromatic heterocycles. The zero-order valence-electron chi connectivity index (χ0n) is 19.3. The van der Waals surface area contributed by atoms with Gasteiger partial charge < -0.3 is 20.8 Å². The summed E-state index contributed by atoms with van der Waals surface area (Å²) in [6, 6.07) is 15.8. The van der Waals surface area contributed by atoms with Gasteiger partial charge >= 0.3 is 11.9 Å². The Morgan fingerprint density at radius 3 is 2.14 bits per heavy atom. The minimum absolute atomic E-state index is 0.165. The Balaban J connectivity index is 1.70. The molecule has 0 heterocycles. The number of thioether (sulfide) groups is 1. The standard InChI is InChI=1S/C26H24N2O6S/c1-14-7-9-19(11-15(14)2)27-23(29)16(3)35-20-6-4-5-18(13-20)28-24(30)21-10-8-17(25(31)32)12-22(21)26(33)34/h4-13,16H,1-3H3,(H,27,29)(H,28,30)(H,31,32)(H,33,34). The predicted molar refractivity (Wildman–Crippen MR) is 135 cm³/mol. The zero-order valence-corrected chi connectivity index (χ0v) is 20.1. The quantitative estimate of drug-likeness (QED) is 0.323. The lowest BCUT2D eigenvalue weighted by Gasteiger charge is -2.14. The Morgan fingerprint density at radius 1 is 0.771 bits per heavy atom. The number of carbonyl (C=O) groups is 4. The first-order valence-corrected chi connectivity index (χ1v) is 11.5. The summed E-state index contributed by atoms with van der Waals surface area (Å²) in [4.78, 5) is 48.8. The van der Waals surface area contributed by atoms with Crippen LogP contribution in [0.5, 0.6) is 0 Å². The highest BCUT2D eigenvalue weighted by Crippen LogP contribution is 2.27. The summed E-state index contributed by atoms with van der Waals surface area (Å²) < 4.78 is 0. The van der Waals surface area contributed by atoms with Crippen molar-refractivity contribution in [1.82, 2.24) is 0 Å². The normalized spacial score (nSPS) is 11.4. The highest BCUT2D eigenvalue weighted by atomic mass is 32.2. The Hall–Kier alpha value is -4.11. The number of rotatable bonds is 8. The van der Waals surface area contributed by atoms with Crippen molar-refractivity contribution in [2.45, 2.75) is 30.9 Å². The monoisotopic (exact) mass is 492 g/mol. The minimum atomic E-state index is -1.41. The number of hydrogen-bond acceptors (Lipinski definition) is 5. The fraction of sp³-hybridized carbons (Fsp3) is 0.154. The number of hydrogen-bond donors (Lipinski definition) is 4. The molecule has 1 atom stereocenters. The van der Waals surface area contributed by atoms with Gasteiger partial charge in [-0.2, -0.15) is 0 Å². The van der Waals surface area contributed by atoms with E-state index < -0.39 is 28.7 Å². The van der Waals surface area contributed by atoms with Gasteiger partial charge in [0.05, 0.1) is 21.9 Å². The number of aromatic carboxylic acids is 2. The molecular formula is C26H24N2O6S. The lowest BCUT2D eigenvalue weighted by molar-refractivity contribution is -0.115. The van der Waals surface area contributed by atoms with Gasteiger partial charge in [-0.05, 0) is 80.4 Å². The second kappa shape index (κ2) is 10.9. The average molecular weight is 493 g/mol. The van der Waals surface area contributed by atoms with Crippen molar-refractivity contribution in [3.63, 3.8) is 0 Å². The van der Waals surface area contributed by atoms with Crippen molar-refractivity contribution in [3.8, 4) is 0 Å². The van der Waals surface area contributed by atoms with Crippen molar-refractivity contribution in [2.24, 2.45) is 0 Å². The first-order chi connectivity index (χ1) is 16.5. The van der Waals surface area contributed by atoms with Crippen molar-refractivity contribution >= 4 is 46.9 Å². The van der Waals surface area contributed by atoms with Crippen LogP contribution >= 0.6 is 11.8 Å². The topological polar surface area (TPSA) is 133 Å². The first kappa shape index (κ1) is 25.5. The summed E-state index contributed by atoms with van der Waals surface area (Å²) in [5.74, 6) is -3.56. The third kappa shape index (κ3) is 6.48. The lowest BCUT2D eigenvalue weighted by Crippen LogP contribution is -2.22. The highest BCUT2D eigenvalue weighted by Gasteiger charge is 2.20. The smallest absolute Gasteiger partial charge is 0.336 e. The van der Waals surface area contributed by atoms with E-state index in [0.717, 1.165) is 27.8 Å². The molecule has 0 bridgehead atoms. The zero-order chi connectivity index (χ0) is 25.7. The van der Waals surface area contributed by atoms with Crippen LogP contribution < -0.4 is 10.6 Å². The second-order valence-corrected chi connectivity index (χ2v) is 9.32. The van der Waals surface area contributed by atoms with Gasteiger partial charge in [-0.25, -0.2) is 9.59 Å². The van der Waals surface area contributed by atoms with Gasteiger partial charge in [0.25, 0.3) is 5.91 Å². The Labute approximate surface area is 206 Å². The summed E-state index contributed by atoms with van der Waals surface area (Å²) >= 11 is 1.31. The van der Waals surface area contributed by atoms with Crippen molar-refractivity contribution < 1.29 is 29.4 Å². The number of aryl methyl sites for hydroxylation is 2. The number of anilines is 2. The van der Waals surface area contributed by atoms with Crippen molar-refractivity contribution in [2.75, 3.05) is 10.6 Å². The van der Waals surface area contributed by atoms with E-state index in [-0.39, 0.29) is 17.0 Å². The van der Waals surface area contributed by atoms with E-state index >= 15 is 0 Å². The molecule has 0 spiro atoms. The Kier molecular flexibility index (Phi) is 7.93. The molecule has 180 valence electrons. The van der Waals surface area contributed by atoms with Crippen LogP contribution in [0.2, 0.25) is 0 Å². The lowest BCUT2D eigenvalue weighted by atomic mass is 10.0. The molecular weight excluding hydrogens is 468 g/mol. The number of benzene rings is 3. The van der Waals surface area contributed by atoms with Crippen LogP contribution in [-0.2, 0) is 4.79 Å². The van der Waals surface area contributed by atoms with E-state index in [4.69, 9.17) is 5.11 Å². The van der Waals surface area contributed by atoms with Gasteiger partial charge in [0.2, 0.25) is 5.91 Å². The molecule has 0 radical (unpaired) electrons. The maximum absolute atomic E-state index is 12.7. The summed E-state index contributed by atoms with van der Waals surface area (Å²) in [7, 11) is 0. The number of carboxylic acid groups (broad SMARTS) is 2. The predicted octanol–water partition coefficient (Wildman–Crippen LogP) is 5.07. The van der Waals surface area contributed by atoms with E-state index in [9.17, 15) is 24.3 Å². The summed E-state index contributed by atoms with van der Waals surface area (Å²) in [6.45, 7) is 5.75. The van der Waals surface area contributed by atoms with Gasteiger partial charge in [-0.3, -0.25) is 9.59 Å². The number of amides is 2. The van der Waals surface area contributed by atoms with Crippen molar-refractivity contribution in [1.29, 1.82) is 0 Å². The van der Waals surface area contributed by atoms with Gasteiger partial charge in [-0.15, -0.1) is 11.8 Å². The molecule has 9 heteroatoms. The molecule has 2 amide bonds. The van der Waals surface area contributed by atoms with E-state index in [1.165, 1.54) is 23.9 Å². The largest absolute Gasteiger partial charge is 0.478 e. The molecule has 0 aliphatic heterocycles. The molecule has 3 aromatic rings. The maximum atomic E-state index is 12.7. The van der Waals surface area contributed by atoms with Crippen LogP contribution in [0.4, 0.5) is 11.4 Å². The third-order valence-corrected chi connectivity index (χ3v) is 6.38. The summed E-state index contributed by atoms with van der Waals surface area (Å²) in [6.07, 6.45) is 0. The SMILES string of the molecule is Cc1ccc(NC(=O)C(C)Sc2cccc(NC(=O)c3ccc(C(=O)O)cc3C(=O)O)c2)cc1C. The fourth-order valence-electron chi connectivity index (χ4n) is 3.22. The molecule has 0 fully saturated rings. The molecule has 0 aliphatic rings. The van der Waals surface area contributed by atoms with Crippen LogP contribution in [0.1, 0.15) is 49.1 Å². The average Bonchev–Trinajstić information content (AvgIpc) is 2.81. The van der Waals surface area contributed by atoms with Crippen LogP contribution in [0.25, 0.3) is 0 Å². The van der Waals surface area contributed by atoms with Gasteiger partial charge in [-0.1, -0.05) is 12.1 Å². The fourth-order valence-corrected chi connectivity index (χ4v) is 4.14. The summed E-state index contributed by atoms with van der Waals surface area (Å²) in [5.41, 5.74) is 2.53. The molecule has 0 aliphatic carbocycles. The van der Waals surface area contributed by atoms with E-state index in [1.807, 2.05) is 32.0 Å². The molecule has 3 aromatic carbocycles. The maximum Gasteiger partial charge on any atom is 0.336 e. The molecule has 35 heavy (non-hydrogen) atoms. The molecule has 1 unspecified atom stereocenters. The van der Waals surface area contributed by atoms with E-state index in [0.29, 0.717) is 5.69 Å². The Bertz CT molecular complexity index is 1320. The molecule has 3 rings (SSSR count). The van der Waals surface area contributed by atoms with Gasteiger partial charge in [0.1, 0.15) is 0 Å². The minimum Gasteiger partial charge on any atom is -0.478 e. The number of carbonyl (C=O) groups excluding carboxylic acids is 2. The Morgan fingerprint density at radius 2 is 1.49 bits per heavy atom. The van der Waals surface area contributed by atoms with Crippen LogP contribution in [0, 0.1) is 13.8 Å². The van der Waals surface area contributed by atoms with E-state index in [2.05, 4.69) is 10.6 Å². The number of carboxylic acids is 2. The van der Waals surface area contributed by atoms with E-state index in [1.54, 1.807) is 31.2 Å². The van der Waals surface area contributed by atoms with Gasteiger partial charge in [0.15, 0.2) is 0 Å². The molecule has 0 saturated carbocycles. The molecule has 0 saturated heterocycles. The van der Waals surface area contributed by atoms with Crippen molar-refractivity contribution in [3.05, 3.63) is 88.5 Å². The van der Waals surface area contributed by atoms with Crippen LogP contribution in [0.15, 0.2) is 65.6 Å². The van der Waals surface area contributed by atoms with Gasteiger partial charge in [0, 0.05) is 16.3 Å². The number of nitrogens with one attached hydrogen (secondary N) is 2. The van der Waals surface area contributed by atoms with Crippen LogP contribution in [-0.4, -0.2) is 39.2 Å². The third-order valence-electron chi connectivity index (χ3n) is 5.29. The first-order valence-electron chi connectivity index (χ1n) is 10.6. The van der Waals surface area contributed by atoms with Crippen LogP contribution in [0.3, 0.4) is 0 Å². The highest BCUT2D eigenvalue weighted by molar-refractivity contribution is 8.00. The summed E-state index contributed by atoms with van der Waals surface area (Å²) in [5, 5.41) is 23.6. The molecule has 8 nitrogen and oxygen atoms in total. The second-order valence-electron chi connectivity index (χ2n) is 7.90.